The third-order valence-electron chi connectivity index (χ3n) is 5.89. The van der Waals surface area contributed by atoms with Gasteiger partial charge in [0.15, 0.2) is 6.29 Å². The summed E-state index contributed by atoms with van der Waals surface area (Å²) in [6.45, 7) is 3.76. The van der Waals surface area contributed by atoms with Crippen molar-refractivity contribution in [2.45, 2.75) is 45.0 Å². The number of hydrogen-bond acceptors (Lipinski definition) is 4. The topological polar surface area (TPSA) is 51.5 Å². The molecule has 0 amide bonds. The highest BCUT2D eigenvalue weighted by Crippen LogP contribution is 2.29. The molecule has 0 aromatic heterocycles. The van der Waals surface area contributed by atoms with E-state index in [1.807, 2.05) is 18.2 Å². The molecule has 1 saturated heterocycles. The summed E-state index contributed by atoms with van der Waals surface area (Å²) < 4.78 is 46.4. The van der Waals surface area contributed by atoms with Crippen molar-refractivity contribution in [3.63, 3.8) is 0 Å². The maximum atomic E-state index is 15.1. The Morgan fingerprint density at radius 3 is 2.58 bits per heavy atom. The molecule has 0 saturated carbocycles. The van der Waals surface area contributed by atoms with Gasteiger partial charge in [-0.2, -0.15) is 5.26 Å². The Morgan fingerprint density at radius 1 is 1.03 bits per heavy atom. The van der Waals surface area contributed by atoms with E-state index in [0.717, 1.165) is 29.4 Å². The molecule has 0 N–H and O–H groups in total. The lowest BCUT2D eigenvalue weighted by Crippen LogP contribution is -2.33. The molecule has 0 radical (unpaired) electrons. The lowest BCUT2D eigenvalue weighted by atomic mass is 9.98. The zero-order valence-corrected chi connectivity index (χ0v) is 18.7. The standard InChI is InChI=1S/C27H27F2NO3/c1-2-3-12-31-23-16-32-27(33-17-23)21-10-11-24-20(14-21)9-8-19(26(24)29)6-4-18-5-7-22(15-30)25(28)13-18/h5,7-11,13-14,23,27H,2-4,6,12,16-17H2,1H3. The van der Waals surface area contributed by atoms with Crippen LogP contribution in [0.1, 0.15) is 48.3 Å². The van der Waals surface area contributed by atoms with Gasteiger partial charge in [0.25, 0.3) is 0 Å². The van der Waals surface area contributed by atoms with Gasteiger partial charge in [-0.05, 0) is 54.0 Å². The summed E-state index contributed by atoms with van der Waals surface area (Å²) in [4.78, 5) is 0. The Balaban J connectivity index is 1.41. The molecule has 0 unspecified atom stereocenters. The summed E-state index contributed by atoms with van der Waals surface area (Å²) in [5.74, 6) is -0.824. The summed E-state index contributed by atoms with van der Waals surface area (Å²) in [6.07, 6.45) is 2.47. The van der Waals surface area contributed by atoms with Gasteiger partial charge in [-0.3, -0.25) is 0 Å². The van der Waals surface area contributed by atoms with Crippen molar-refractivity contribution in [3.05, 3.63) is 82.4 Å². The van der Waals surface area contributed by atoms with Crippen molar-refractivity contribution in [2.24, 2.45) is 0 Å². The number of halogens is 2. The fourth-order valence-corrected chi connectivity index (χ4v) is 3.95. The Bertz CT molecular complexity index is 1150. The van der Waals surface area contributed by atoms with E-state index in [0.29, 0.717) is 43.6 Å². The molecule has 172 valence electrons. The molecule has 4 nitrogen and oxygen atoms in total. The molecule has 4 rings (SSSR count). The van der Waals surface area contributed by atoms with Crippen LogP contribution < -0.4 is 0 Å². The summed E-state index contributed by atoms with van der Waals surface area (Å²) in [7, 11) is 0. The van der Waals surface area contributed by atoms with Crippen LogP contribution in [0.25, 0.3) is 10.8 Å². The highest BCUT2D eigenvalue weighted by molar-refractivity contribution is 5.84. The summed E-state index contributed by atoms with van der Waals surface area (Å²) in [6, 6.07) is 15.4. The first kappa shape index (κ1) is 23.3. The van der Waals surface area contributed by atoms with Crippen LogP contribution in [0.2, 0.25) is 0 Å². The minimum atomic E-state index is -0.549. The molecule has 1 fully saturated rings. The molecule has 3 aromatic carbocycles. The van der Waals surface area contributed by atoms with Crippen LogP contribution in [0, 0.1) is 23.0 Å². The summed E-state index contributed by atoms with van der Waals surface area (Å²) in [5.41, 5.74) is 2.15. The van der Waals surface area contributed by atoms with Crippen molar-refractivity contribution in [2.75, 3.05) is 19.8 Å². The molecule has 0 aliphatic carbocycles. The highest BCUT2D eigenvalue weighted by atomic mass is 19.1. The number of aryl methyl sites for hydroxylation is 2. The SMILES string of the molecule is CCCCOC1COC(c2ccc3c(F)c(CCc4ccc(C#N)c(F)c4)ccc3c2)OC1. The molecule has 3 aromatic rings. The van der Waals surface area contributed by atoms with Crippen LogP contribution in [0.5, 0.6) is 0 Å². The summed E-state index contributed by atoms with van der Waals surface area (Å²) >= 11 is 0. The van der Waals surface area contributed by atoms with Gasteiger partial charge >= 0.3 is 0 Å². The maximum absolute atomic E-state index is 15.1. The fourth-order valence-electron chi connectivity index (χ4n) is 3.95. The second-order valence-electron chi connectivity index (χ2n) is 8.29. The number of rotatable bonds is 8. The molecule has 0 spiro atoms. The number of fused-ring (bicyclic) bond motifs is 1. The number of nitrogens with zero attached hydrogens (tertiary/aromatic N) is 1. The van der Waals surface area contributed by atoms with Gasteiger partial charge in [-0.1, -0.05) is 43.7 Å². The normalized spacial score (nSPS) is 18.4. The van der Waals surface area contributed by atoms with E-state index in [1.54, 1.807) is 24.3 Å². The number of ether oxygens (including phenoxy) is 3. The zero-order valence-electron chi connectivity index (χ0n) is 18.7. The number of nitriles is 1. The van der Waals surface area contributed by atoms with Crippen LogP contribution >= 0.6 is 0 Å². The van der Waals surface area contributed by atoms with E-state index in [9.17, 15) is 4.39 Å². The number of benzene rings is 3. The minimum absolute atomic E-state index is 0.0110. The lowest BCUT2D eigenvalue weighted by molar-refractivity contribution is -0.230. The average Bonchev–Trinajstić information content (AvgIpc) is 2.84. The van der Waals surface area contributed by atoms with Gasteiger partial charge in [0.05, 0.1) is 18.8 Å². The smallest absolute Gasteiger partial charge is 0.184 e. The van der Waals surface area contributed by atoms with Crippen LogP contribution in [0.4, 0.5) is 8.78 Å². The monoisotopic (exact) mass is 451 g/mol. The zero-order chi connectivity index (χ0) is 23.2. The molecular weight excluding hydrogens is 424 g/mol. The summed E-state index contributed by atoms with van der Waals surface area (Å²) in [5, 5.41) is 10.1. The molecular formula is C27H27F2NO3. The molecule has 0 atom stereocenters. The Morgan fingerprint density at radius 2 is 1.85 bits per heavy atom. The van der Waals surface area contributed by atoms with Gasteiger partial charge < -0.3 is 14.2 Å². The average molecular weight is 452 g/mol. The van der Waals surface area contributed by atoms with Gasteiger partial charge in [-0.15, -0.1) is 0 Å². The van der Waals surface area contributed by atoms with Crippen LogP contribution in [-0.4, -0.2) is 25.9 Å². The van der Waals surface area contributed by atoms with Gasteiger partial charge in [0.1, 0.15) is 23.8 Å². The number of hydrogen-bond donors (Lipinski definition) is 0. The second kappa shape index (κ2) is 10.8. The first-order valence-corrected chi connectivity index (χ1v) is 11.3. The first-order valence-electron chi connectivity index (χ1n) is 11.3. The van der Waals surface area contributed by atoms with Gasteiger partial charge in [-0.25, -0.2) is 8.78 Å². The fraction of sp³-hybridized carbons (Fsp3) is 0.370. The van der Waals surface area contributed by atoms with Crippen molar-refractivity contribution in [1.82, 2.24) is 0 Å². The Labute approximate surface area is 192 Å². The second-order valence-corrected chi connectivity index (χ2v) is 8.29. The van der Waals surface area contributed by atoms with Crippen molar-refractivity contribution in [1.29, 1.82) is 5.26 Å². The third-order valence-corrected chi connectivity index (χ3v) is 5.89. The van der Waals surface area contributed by atoms with E-state index in [4.69, 9.17) is 19.5 Å². The van der Waals surface area contributed by atoms with Crippen LogP contribution in [-0.2, 0) is 27.1 Å². The van der Waals surface area contributed by atoms with Crippen molar-refractivity contribution < 1.29 is 23.0 Å². The third kappa shape index (κ3) is 5.56. The molecule has 33 heavy (non-hydrogen) atoms. The quantitative estimate of drug-likeness (QED) is 0.394. The van der Waals surface area contributed by atoms with Crippen LogP contribution in [0.3, 0.4) is 0 Å². The van der Waals surface area contributed by atoms with E-state index in [-0.39, 0.29) is 17.5 Å². The largest absolute Gasteiger partial charge is 0.373 e. The Hall–Kier alpha value is -2.85. The molecule has 1 aliphatic heterocycles. The maximum Gasteiger partial charge on any atom is 0.184 e. The van der Waals surface area contributed by atoms with E-state index in [1.165, 1.54) is 12.1 Å². The molecule has 6 heteroatoms. The van der Waals surface area contributed by atoms with Crippen molar-refractivity contribution in [3.8, 4) is 6.07 Å². The van der Waals surface area contributed by atoms with Crippen LogP contribution in [0.15, 0.2) is 48.5 Å². The first-order chi connectivity index (χ1) is 16.1. The Kier molecular flexibility index (Phi) is 7.66. The lowest BCUT2D eigenvalue weighted by Gasteiger charge is -2.29. The highest BCUT2D eigenvalue weighted by Gasteiger charge is 2.24. The van der Waals surface area contributed by atoms with E-state index < -0.39 is 12.1 Å². The predicted octanol–water partition coefficient (Wildman–Crippen LogP) is 6.01. The molecule has 1 heterocycles. The van der Waals surface area contributed by atoms with Crippen molar-refractivity contribution >= 4 is 10.8 Å². The molecule has 1 aliphatic rings. The number of unbranched alkanes of at least 4 members (excludes halogenated alkanes) is 1. The predicted molar refractivity (Wildman–Crippen MR) is 122 cm³/mol. The van der Waals surface area contributed by atoms with Gasteiger partial charge in [0.2, 0.25) is 0 Å². The molecule has 0 bridgehead atoms. The van der Waals surface area contributed by atoms with E-state index >= 15 is 4.39 Å². The minimum Gasteiger partial charge on any atom is -0.373 e. The van der Waals surface area contributed by atoms with E-state index in [2.05, 4.69) is 6.92 Å². The van der Waals surface area contributed by atoms with Gasteiger partial charge in [0, 0.05) is 17.6 Å².